The first-order chi connectivity index (χ1) is 16.8. The zero-order valence-electron chi connectivity index (χ0n) is 18.6. The van der Waals surface area contributed by atoms with Gasteiger partial charge in [0.05, 0.1) is 4.91 Å². The summed E-state index contributed by atoms with van der Waals surface area (Å²) in [5.41, 5.74) is 3.27. The summed E-state index contributed by atoms with van der Waals surface area (Å²) in [4.78, 5) is 39.1. The first-order valence-corrected chi connectivity index (χ1v) is 13.3. The van der Waals surface area contributed by atoms with Gasteiger partial charge in [0.1, 0.15) is 18.9 Å². The fourth-order valence-corrected chi connectivity index (χ4v) is 4.92. The highest BCUT2D eigenvalue weighted by Crippen LogP contribution is 2.35. The molecule has 35 heavy (non-hydrogen) atoms. The molecule has 3 amide bonds. The van der Waals surface area contributed by atoms with Gasteiger partial charge in [-0.3, -0.25) is 19.3 Å². The van der Waals surface area contributed by atoms with Crippen molar-refractivity contribution in [1.82, 2.24) is 4.90 Å². The predicted octanol–water partition coefficient (Wildman–Crippen LogP) is 6.62. The summed E-state index contributed by atoms with van der Waals surface area (Å²) in [5, 5.41) is 2.24. The minimum atomic E-state index is -0.511. The molecule has 178 valence electrons. The Morgan fingerprint density at radius 2 is 1.89 bits per heavy atom. The number of hydrogen-bond acceptors (Lipinski definition) is 5. The van der Waals surface area contributed by atoms with Crippen LogP contribution in [0.4, 0.5) is 10.5 Å². The Morgan fingerprint density at radius 3 is 2.63 bits per heavy atom. The van der Waals surface area contributed by atoms with Crippen LogP contribution < -0.4 is 10.1 Å². The molecule has 4 rings (SSSR count). The standard InChI is InChI=1S/C26H20BrIN2O4S/c1-16-3-2-4-21(11-16)29-24(31)14-30-25(32)23(35-26(30)33)13-18-12-19(27)7-10-22(18)34-15-17-5-8-20(28)9-6-17/h2-13H,14-15H2,1H3,(H,29,31)/b23-13-. The second kappa shape index (κ2) is 11.4. The number of nitrogens with one attached hydrogen (secondary N) is 1. The molecule has 3 aromatic rings. The van der Waals surface area contributed by atoms with Crippen LogP contribution in [0.15, 0.2) is 76.1 Å². The summed E-state index contributed by atoms with van der Waals surface area (Å²) >= 11 is 6.50. The van der Waals surface area contributed by atoms with Crippen LogP contribution in [0.2, 0.25) is 0 Å². The van der Waals surface area contributed by atoms with Crippen molar-refractivity contribution in [3.8, 4) is 5.75 Å². The smallest absolute Gasteiger partial charge is 0.294 e. The molecule has 1 heterocycles. The molecular formula is C26H20BrIN2O4S. The first kappa shape index (κ1) is 25.5. The minimum absolute atomic E-state index is 0.232. The molecule has 3 aromatic carbocycles. The lowest BCUT2D eigenvalue weighted by molar-refractivity contribution is -0.127. The number of carbonyl (C=O) groups is 3. The Morgan fingerprint density at radius 1 is 1.11 bits per heavy atom. The van der Waals surface area contributed by atoms with Crippen LogP contribution in [0.1, 0.15) is 16.7 Å². The van der Waals surface area contributed by atoms with Crippen molar-refractivity contribution in [2.45, 2.75) is 13.5 Å². The van der Waals surface area contributed by atoms with Crippen LogP contribution >= 0.6 is 50.3 Å². The van der Waals surface area contributed by atoms with Crippen molar-refractivity contribution in [2.24, 2.45) is 0 Å². The van der Waals surface area contributed by atoms with E-state index in [1.165, 1.54) is 0 Å². The first-order valence-electron chi connectivity index (χ1n) is 10.6. The van der Waals surface area contributed by atoms with Gasteiger partial charge in [-0.15, -0.1) is 0 Å². The number of aryl methyl sites for hydroxylation is 1. The summed E-state index contributed by atoms with van der Waals surface area (Å²) in [5.74, 6) is -0.373. The number of rotatable bonds is 7. The molecule has 1 fully saturated rings. The highest BCUT2D eigenvalue weighted by molar-refractivity contribution is 14.1. The SMILES string of the molecule is Cc1cccc(NC(=O)CN2C(=O)S/C(=C\c3cc(Br)ccc3OCc3ccc(I)cc3)C2=O)c1. The number of carbonyl (C=O) groups excluding carboxylic acids is 3. The van der Waals surface area contributed by atoms with Crippen molar-refractivity contribution < 1.29 is 19.1 Å². The molecule has 1 aliphatic heterocycles. The number of amides is 3. The second-order valence-corrected chi connectivity index (χ2v) is 10.9. The third-order valence-electron chi connectivity index (χ3n) is 5.04. The zero-order chi connectivity index (χ0) is 24.9. The third kappa shape index (κ3) is 6.74. The van der Waals surface area contributed by atoms with Gasteiger partial charge in [-0.25, -0.2) is 0 Å². The maximum absolute atomic E-state index is 13.0. The molecule has 6 nitrogen and oxygen atoms in total. The second-order valence-electron chi connectivity index (χ2n) is 7.78. The van der Waals surface area contributed by atoms with E-state index in [-0.39, 0.29) is 11.4 Å². The fraction of sp³-hybridized carbons (Fsp3) is 0.115. The molecule has 0 spiro atoms. The largest absolute Gasteiger partial charge is 0.488 e. The van der Waals surface area contributed by atoms with Gasteiger partial charge in [-0.2, -0.15) is 0 Å². The molecule has 0 radical (unpaired) electrons. The average Bonchev–Trinajstić information content (AvgIpc) is 3.07. The van der Waals surface area contributed by atoms with Crippen LogP contribution in [-0.2, 0) is 16.2 Å². The lowest BCUT2D eigenvalue weighted by atomic mass is 10.1. The number of anilines is 1. The summed E-state index contributed by atoms with van der Waals surface area (Å²) < 4.78 is 7.95. The van der Waals surface area contributed by atoms with E-state index in [1.807, 2.05) is 67.6 Å². The van der Waals surface area contributed by atoms with E-state index in [2.05, 4.69) is 43.8 Å². The third-order valence-corrected chi connectivity index (χ3v) is 7.16. The summed E-state index contributed by atoms with van der Waals surface area (Å²) in [6, 6.07) is 20.8. The molecule has 0 unspecified atom stereocenters. The van der Waals surface area contributed by atoms with Crippen molar-refractivity contribution >= 4 is 79.1 Å². The molecule has 9 heteroatoms. The van der Waals surface area contributed by atoms with Gasteiger partial charge in [-0.05, 0) is 101 Å². The Labute approximate surface area is 229 Å². The van der Waals surface area contributed by atoms with E-state index < -0.39 is 17.1 Å². The van der Waals surface area contributed by atoms with Gasteiger partial charge in [0.25, 0.3) is 11.1 Å². The molecule has 1 aliphatic rings. The highest BCUT2D eigenvalue weighted by atomic mass is 127. The highest BCUT2D eigenvalue weighted by Gasteiger charge is 2.36. The fourth-order valence-electron chi connectivity index (χ4n) is 3.35. The van der Waals surface area contributed by atoms with Crippen LogP contribution in [0.3, 0.4) is 0 Å². The number of thioether (sulfide) groups is 1. The van der Waals surface area contributed by atoms with Crippen molar-refractivity contribution in [2.75, 3.05) is 11.9 Å². The Balaban J connectivity index is 1.48. The lowest BCUT2D eigenvalue weighted by Gasteiger charge is -2.13. The maximum atomic E-state index is 13.0. The average molecular weight is 663 g/mol. The van der Waals surface area contributed by atoms with E-state index in [4.69, 9.17) is 4.74 Å². The molecule has 1 saturated heterocycles. The molecular weight excluding hydrogens is 643 g/mol. The van der Waals surface area contributed by atoms with Crippen LogP contribution in [0.5, 0.6) is 5.75 Å². The zero-order valence-corrected chi connectivity index (χ0v) is 23.1. The summed E-state index contributed by atoms with van der Waals surface area (Å²) in [6.45, 7) is 1.92. The van der Waals surface area contributed by atoms with Gasteiger partial charge < -0.3 is 10.1 Å². The Hall–Kier alpha value is -2.63. The molecule has 0 aliphatic carbocycles. The number of hydrogen-bond donors (Lipinski definition) is 1. The van der Waals surface area contributed by atoms with Gasteiger partial charge in [0.15, 0.2) is 0 Å². The van der Waals surface area contributed by atoms with E-state index in [1.54, 1.807) is 12.1 Å². The van der Waals surface area contributed by atoms with Crippen molar-refractivity contribution in [1.29, 1.82) is 0 Å². The van der Waals surface area contributed by atoms with Gasteiger partial charge in [0, 0.05) is 19.3 Å². The quantitative estimate of drug-likeness (QED) is 0.228. The molecule has 1 N–H and O–H groups in total. The Kier molecular flexibility index (Phi) is 8.30. The van der Waals surface area contributed by atoms with E-state index in [9.17, 15) is 14.4 Å². The van der Waals surface area contributed by atoms with Gasteiger partial charge in [0.2, 0.25) is 5.91 Å². The van der Waals surface area contributed by atoms with Crippen LogP contribution in [0.25, 0.3) is 6.08 Å². The monoisotopic (exact) mass is 662 g/mol. The van der Waals surface area contributed by atoms with Crippen molar-refractivity contribution in [3.63, 3.8) is 0 Å². The summed E-state index contributed by atoms with van der Waals surface area (Å²) in [7, 11) is 0. The molecule has 0 atom stereocenters. The van der Waals surface area contributed by atoms with E-state index >= 15 is 0 Å². The number of nitrogens with zero attached hydrogens (tertiary/aromatic N) is 1. The minimum Gasteiger partial charge on any atom is -0.488 e. The summed E-state index contributed by atoms with van der Waals surface area (Å²) in [6.07, 6.45) is 1.62. The number of ether oxygens (including phenoxy) is 1. The Bertz CT molecular complexity index is 1330. The lowest BCUT2D eigenvalue weighted by Crippen LogP contribution is -2.36. The van der Waals surface area contributed by atoms with Gasteiger partial charge in [-0.1, -0.05) is 40.2 Å². The molecule has 0 bridgehead atoms. The van der Waals surface area contributed by atoms with Crippen LogP contribution in [0, 0.1) is 10.5 Å². The number of benzene rings is 3. The van der Waals surface area contributed by atoms with Gasteiger partial charge >= 0.3 is 0 Å². The van der Waals surface area contributed by atoms with Crippen LogP contribution in [-0.4, -0.2) is 28.5 Å². The predicted molar refractivity (Wildman–Crippen MR) is 150 cm³/mol. The topological polar surface area (TPSA) is 75.7 Å². The number of halogens is 2. The molecule has 0 aromatic heterocycles. The maximum Gasteiger partial charge on any atom is 0.294 e. The van der Waals surface area contributed by atoms with E-state index in [0.717, 1.165) is 35.8 Å². The normalized spacial score (nSPS) is 14.5. The molecule has 0 saturated carbocycles. The van der Waals surface area contributed by atoms with Crippen molar-refractivity contribution in [3.05, 3.63) is 96.4 Å². The number of imide groups is 1. The van der Waals surface area contributed by atoms with E-state index in [0.29, 0.717) is 23.6 Å².